The molecule has 0 radical (unpaired) electrons. The first-order valence-electron chi connectivity index (χ1n) is 5.62. The zero-order valence-corrected chi connectivity index (χ0v) is 11.6. The maximum absolute atomic E-state index is 11.9. The number of halogens is 1. The van der Waals surface area contributed by atoms with Gasteiger partial charge in [0.05, 0.1) is 5.69 Å². The van der Waals surface area contributed by atoms with Gasteiger partial charge in [-0.3, -0.25) is 9.20 Å². The predicted molar refractivity (Wildman–Crippen MR) is 78.7 cm³/mol. The maximum atomic E-state index is 11.9. The summed E-state index contributed by atoms with van der Waals surface area (Å²) >= 11 is 7.17. The van der Waals surface area contributed by atoms with E-state index in [1.165, 1.54) is 21.8 Å². The molecule has 0 unspecified atom stereocenters. The molecule has 0 aliphatic heterocycles. The fourth-order valence-electron chi connectivity index (χ4n) is 1.80. The van der Waals surface area contributed by atoms with Crippen LogP contribution in [-0.4, -0.2) is 14.0 Å². The molecule has 3 aromatic heterocycles. The lowest BCUT2D eigenvalue weighted by Crippen LogP contribution is -2.11. The third-order valence-electron chi connectivity index (χ3n) is 2.77. The lowest BCUT2D eigenvalue weighted by atomic mass is 10.3. The van der Waals surface area contributed by atoms with Crippen LogP contribution in [0.25, 0.3) is 17.1 Å². The molecular formula is C13H10ClN3OS. The number of hydrogen-bond donors (Lipinski definition) is 0. The van der Waals surface area contributed by atoms with Crippen molar-refractivity contribution in [3.05, 3.63) is 56.7 Å². The van der Waals surface area contributed by atoms with E-state index in [1.54, 1.807) is 6.20 Å². The average molecular weight is 292 g/mol. The molecule has 3 heterocycles. The lowest BCUT2D eigenvalue weighted by Gasteiger charge is -1.96. The Hall–Kier alpha value is -1.85. The van der Waals surface area contributed by atoms with Crippen molar-refractivity contribution in [2.24, 2.45) is 7.05 Å². The van der Waals surface area contributed by atoms with Crippen LogP contribution in [0.15, 0.2) is 35.4 Å². The van der Waals surface area contributed by atoms with Crippen molar-refractivity contribution < 1.29 is 0 Å². The summed E-state index contributed by atoms with van der Waals surface area (Å²) in [5, 5.41) is 0. The van der Waals surface area contributed by atoms with E-state index in [9.17, 15) is 4.79 Å². The van der Waals surface area contributed by atoms with Gasteiger partial charge in [0.1, 0.15) is 4.34 Å². The molecule has 6 heteroatoms. The van der Waals surface area contributed by atoms with Gasteiger partial charge >= 0.3 is 0 Å². The van der Waals surface area contributed by atoms with E-state index in [1.807, 2.05) is 42.1 Å². The van der Waals surface area contributed by atoms with Crippen LogP contribution in [0.4, 0.5) is 0 Å². The molecule has 0 amide bonds. The van der Waals surface area contributed by atoms with Crippen LogP contribution >= 0.6 is 22.9 Å². The van der Waals surface area contributed by atoms with E-state index >= 15 is 0 Å². The molecular weight excluding hydrogens is 282 g/mol. The first kappa shape index (κ1) is 12.2. The van der Waals surface area contributed by atoms with Gasteiger partial charge < -0.3 is 4.57 Å². The van der Waals surface area contributed by atoms with Gasteiger partial charge in [-0.05, 0) is 24.3 Å². The monoisotopic (exact) mass is 291 g/mol. The first-order chi connectivity index (χ1) is 9.13. The number of thiazole rings is 1. The Morgan fingerprint density at radius 2 is 2.26 bits per heavy atom. The zero-order valence-electron chi connectivity index (χ0n) is 10.1. The van der Waals surface area contributed by atoms with Crippen molar-refractivity contribution in [2.45, 2.75) is 0 Å². The van der Waals surface area contributed by atoms with E-state index in [0.717, 1.165) is 5.69 Å². The smallest absolute Gasteiger partial charge is 0.259 e. The second kappa shape index (κ2) is 4.68. The van der Waals surface area contributed by atoms with Crippen LogP contribution in [0.2, 0.25) is 4.34 Å². The summed E-state index contributed by atoms with van der Waals surface area (Å²) in [5.41, 5.74) is 1.55. The van der Waals surface area contributed by atoms with Crippen molar-refractivity contribution in [1.82, 2.24) is 14.0 Å². The standard InChI is InChI=1S/C13H10ClN3OS/c1-16-6-2-3-10(16)5-4-9-7-12(18)17-8-11(14)19-13(17)15-9/h2-8H,1H3/b5-4+. The van der Waals surface area contributed by atoms with Crippen LogP contribution in [-0.2, 0) is 7.05 Å². The lowest BCUT2D eigenvalue weighted by molar-refractivity contribution is 0.915. The van der Waals surface area contributed by atoms with Crippen molar-refractivity contribution in [3.63, 3.8) is 0 Å². The molecule has 0 fully saturated rings. The molecule has 96 valence electrons. The molecule has 0 spiro atoms. The van der Waals surface area contributed by atoms with Crippen LogP contribution in [0.3, 0.4) is 0 Å². The number of hydrogen-bond acceptors (Lipinski definition) is 3. The molecule has 19 heavy (non-hydrogen) atoms. The zero-order chi connectivity index (χ0) is 13.4. The number of rotatable bonds is 2. The summed E-state index contributed by atoms with van der Waals surface area (Å²) in [6.07, 6.45) is 7.30. The molecule has 3 rings (SSSR count). The van der Waals surface area contributed by atoms with Crippen molar-refractivity contribution >= 4 is 40.1 Å². The number of aryl methyl sites for hydroxylation is 1. The van der Waals surface area contributed by atoms with Gasteiger partial charge in [0.25, 0.3) is 5.56 Å². The van der Waals surface area contributed by atoms with Crippen molar-refractivity contribution in [3.8, 4) is 0 Å². The summed E-state index contributed by atoms with van der Waals surface area (Å²) in [4.78, 5) is 16.9. The molecule has 3 aromatic rings. The fraction of sp³-hybridized carbons (Fsp3) is 0.0769. The topological polar surface area (TPSA) is 39.3 Å². The Bertz CT molecular complexity index is 828. The minimum Gasteiger partial charge on any atom is -0.351 e. The minimum absolute atomic E-state index is 0.125. The number of nitrogens with zero attached hydrogens (tertiary/aromatic N) is 3. The van der Waals surface area contributed by atoms with Gasteiger partial charge in [-0.25, -0.2) is 4.98 Å². The summed E-state index contributed by atoms with van der Waals surface area (Å²) < 4.78 is 3.99. The minimum atomic E-state index is -0.125. The predicted octanol–water partition coefficient (Wildman–Crippen LogP) is 2.92. The molecule has 0 aromatic carbocycles. The Morgan fingerprint density at radius 3 is 3.00 bits per heavy atom. The fourth-order valence-corrected chi connectivity index (χ4v) is 2.83. The van der Waals surface area contributed by atoms with Gasteiger partial charge in [0.2, 0.25) is 0 Å². The molecule has 0 saturated carbocycles. The van der Waals surface area contributed by atoms with Crippen LogP contribution in [0.5, 0.6) is 0 Å². The number of fused-ring (bicyclic) bond motifs is 1. The van der Waals surface area contributed by atoms with Crippen LogP contribution in [0.1, 0.15) is 11.4 Å². The van der Waals surface area contributed by atoms with E-state index in [0.29, 0.717) is 15.0 Å². The Morgan fingerprint density at radius 1 is 1.42 bits per heavy atom. The maximum Gasteiger partial charge on any atom is 0.259 e. The van der Waals surface area contributed by atoms with E-state index in [-0.39, 0.29) is 5.56 Å². The summed E-state index contributed by atoms with van der Waals surface area (Å²) in [6, 6.07) is 5.45. The molecule has 0 bridgehead atoms. The highest BCUT2D eigenvalue weighted by Crippen LogP contribution is 2.20. The highest BCUT2D eigenvalue weighted by Gasteiger charge is 2.04. The van der Waals surface area contributed by atoms with E-state index < -0.39 is 0 Å². The number of aromatic nitrogens is 3. The van der Waals surface area contributed by atoms with Gasteiger partial charge in [0.15, 0.2) is 4.96 Å². The van der Waals surface area contributed by atoms with Crippen LogP contribution < -0.4 is 5.56 Å². The molecule has 4 nitrogen and oxygen atoms in total. The third-order valence-corrected chi connectivity index (χ3v) is 3.87. The quantitative estimate of drug-likeness (QED) is 0.728. The third kappa shape index (κ3) is 2.34. The average Bonchev–Trinajstić information content (AvgIpc) is 2.92. The van der Waals surface area contributed by atoms with E-state index in [2.05, 4.69) is 4.98 Å². The SMILES string of the molecule is Cn1cccc1/C=C/c1cc(=O)n2cc(Cl)sc2n1. The molecule has 0 N–H and O–H groups in total. The largest absolute Gasteiger partial charge is 0.351 e. The van der Waals surface area contributed by atoms with Gasteiger partial charge in [-0.15, -0.1) is 0 Å². The first-order valence-corrected chi connectivity index (χ1v) is 6.81. The highest BCUT2D eigenvalue weighted by atomic mass is 35.5. The van der Waals surface area contributed by atoms with Gasteiger partial charge in [-0.2, -0.15) is 0 Å². The van der Waals surface area contributed by atoms with Crippen LogP contribution in [0, 0.1) is 0 Å². The Balaban J connectivity index is 2.04. The van der Waals surface area contributed by atoms with E-state index in [4.69, 9.17) is 11.6 Å². The normalized spacial score (nSPS) is 11.7. The molecule has 0 aliphatic rings. The second-order valence-electron chi connectivity index (χ2n) is 4.08. The summed E-state index contributed by atoms with van der Waals surface area (Å²) in [5.74, 6) is 0. The Kier molecular flexibility index (Phi) is 3.00. The molecule has 0 atom stereocenters. The highest BCUT2D eigenvalue weighted by molar-refractivity contribution is 7.20. The van der Waals surface area contributed by atoms with Gasteiger partial charge in [0, 0.05) is 31.2 Å². The molecule has 0 aliphatic carbocycles. The Labute approximate surface area is 118 Å². The van der Waals surface area contributed by atoms with Gasteiger partial charge in [-0.1, -0.05) is 22.9 Å². The summed E-state index contributed by atoms with van der Waals surface area (Å²) in [7, 11) is 1.96. The van der Waals surface area contributed by atoms with Crippen molar-refractivity contribution in [1.29, 1.82) is 0 Å². The summed E-state index contributed by atoms with van der Waals surface area (Å²) in [6.45, 7) is 0. The second-order valence-corrected chi connectivity index (χ2v) is 5.72. The molecule has 0 saturated heterocycles. The van der Waals surface area contributed by atoms with Crippen molar-refractivity contribution in [2.75, 3.05) is 0 Å².